The molecule has 3 nitrogen and oxygen atoms in total. The van der Waals surface area contributed by atoms with E-state index in [9.17, 15) is 4.79 Å². The fourth-order valence-corrected chi connectivity index (χ4v) is 2.71. The summed E-state index contributed by atoms with van der Waals surface area (Å²) >= 11 is 0. The first-order valence-electron chi connectivity index (χ1n) is 7.49. The summed E-state index contributed by atoms with van der Waals surface area (Å²) in [4.78, 5) is 21.1. The zero-order valence-electron chi connectivity index (χ0n) is 12.6. The third-order valence-electron chi connectivity index (χ3n) is 3.83. The van der Waals surface area contributed by atoms with E-state index in [1.165, 1.54) is 0 Å². The van der Waals surface area contributed by atoms with Gasteiger partial charge in [0.25, 0.3) is 0 Å². The van der Waals surface area contributed by atoms with Crippen LogP contribution < -0.4 is 0 Å². The molecule has 1 atom stereocenters. The first-order chi connectivity index (χ1) is 10.7. The van der Waals surface area contributed by atoms with E-state index in [1.807, 2.05) is 55.5 Å². The van der Waals surface area contributed by atoms with Gasteiger partial charge in [-0.3, -0.25) is 14.8 Å². The molecule has 0 fully saturated rings. The molecule has 0 aliphatic carbocycles. The van der Waals surface area contributed by atoms with Gasteiger partial charge in [-0.05, 0) is 23.8 Å². The topological polar surface area (TPSA) is 42.9 Å². The Bertz CT molecular complexity index is 778. The van der Waals surface area contributed by atoms with Crippen molar-refractivity contribution in [3.05, 3.63) is 72.2 Å². The number of para-hydroxylation sites is 1. The molecule has 0 aliphatic rings. The second kappa shape index (κ2) is 6.48. The van der Waals surface area contributed by atoms with Crippen LogP contribution in [0.2, 0.25) is 0 Å². The minimum Gasteiger partial charge on any atom is -0.299 e. The Kier molecular flexibility index (Phi) is 4.24. The van der Waals surface area contributed by atoms with Crippen molar-refractivity contribution < 1.29 is 4.79 Å². The summed E-state index contributed by atoms with van der Waals surface area (Å²) in [6.07, 6.45) is 4.46. The molecule has 0 saturated heterocycles. The van der Waals surface area contributed by atoms with E-state index in [-0.39, 0.29) is 11.7 Å². The number of rotatable bonds is 5. The van der Waals surface area contributed by atoms with Gasteiger partial charge in [-0.1, -0.05) is 37.3 Å². The van der Waals surface area contributed by atoms with Gasteiger partial charge in [0.15, 0.2) is 0 Å². The van der Waals surface area contributed by atoms with Crippen molar-refractivity contribution in [3.63, 3.8) is 0 Å². The quantitative estimate of drug-likeness (QED) is 0.715. The van der Waals surface area contributed by atoms with Gasteiger partial charge >= 0.3 is 0 Å². The normalized spacial score (nSPS) is 12.2. The third kappa shape index (κ3) is 3.19. The Morgan fingerprint density at radius 2 is 1.82 bits per heavy atom. The molecule has 0 bridgehead atoms. The van der Waals surface area contributed by atoms with Gasteiger partial charge in [0.1, 0.15) is 5.78 Å². The lowest BCUT2D eigenvalue weighted by molar-refractivity contribution is -0.118. The van der Waals surface area contributed by atoms with Gasteiger partial charge in [0.05, 0.1) is 5.52 Å². The van der Waals surface area contributed by atoms with Crippen LogP contribution >= 0.6 is 0 Å². The molecule has 3 heteroatoms. The van der Waals surface area contributed by atoms with Crippen molar-refractivity contribution in [2.45, 2.75) is 25.7 Å². The van der Waals surface area contributed by atoms with Gasteiger partial charge in [0.2, 0.25) is 0 Å². The molecule has 2 aromatic heterocycles. The van der Waals surface area contributed by atoms with Crippen LogP contribution in [0.4, 0.5) is 0 Å². The van der Waals surface area contributed by atoms with Gasteiger partial charge in [-0.15, -0.1) is 0 Å². The molecular formula is C19H18N2O. The van der Waals surface area contributed by atoms with Crippen LogP contribution in [-0.4, -0.2) is 15.8 Å². The lowest BCUT2D eigenvalue weighted by Crippen LogP contribution is -2.09. The second-order valence-corrected chi connectivity index (χ2v) is 5.57. The third-order valence-corrected chi connectivity index (χ3v) is 3.83. The summed E-state index contributed by atoms with van der Waals surface area (Å²) in [5.74, 6) is 0.355. The summed E-state index contributed by atoms with van der Waals surface area (Å²) in [6, 6.07) is 15.7. The van der Waals surface area contributed by atoms with Gasteiger partial charge in [-0.25, -0.2) is 0 Å². The zero-order chi connectivity index (χ0) is 15.4. The summed E-state index contributed by atoms with van der Waals surface area (Å²) in [5.41, 5.74) is 2.88. The SMILES string of the molecule is CC(CC(=O)Cc1cccc2cccnc12)c1ccccn1. The average molecular weight is 290 g/mol. The van der Waals surface area contributed by atoms with Crippen LogP contribution in [0.3, 0.4) is 0 Å². The lowest BCUT2D eigenvalue weighted by Gasteiger charge is -2.10. The predicted molar refractivity (Wildman–Crippen MR) is 87.7 cm³/mol. The number of aromatic nitrogens is 2. The van der Waals surface area contributed by atoms with Crippen molar-refractivity contribution in [1.82, 2.24) is 9.97 Å². The lowest BCUT2D eigenvalue weighted by atomic mass is 9.96. The molecule has 0 spiro atoms. The van der Waals surface area contributed by atoms with Crippen LogP contribution in [0.25, 0.3) is 10.9 Å². The van der Waals surface area contributed by atoms with Crippen molar-refractivity contribution in [3.8, 4) is 0 Å². The average Bonchev–Trinajstić information content (AvgIpc) is 2.56. The van der Waals surface area contributed by atoms with E-state index in [2.05, 4.69) is 9.97 Å². The second-order valence-electron chi connectivity index (χ2n) is 5.57. The standard InChI is InChI=1S/C19H18N2O/c1-14(18-9-2-3-10-20-18)12-17(22)13-16-7-4-6-15-8-5-11-21-19(15)16/h2-11,14H,12-13H2,1H3. The number of hydrogen-bond donors (Lipinski definition) is 0. The summed E-state index contributed by atoms with van der Waals surface area (Å²) in [6.45, 7) is 2.04. The van der Waals surface area contributed by atoms with Crippen LogP contribution in [0.1, 0.15) is 30.5 Å². The maximum Gasteiger partial charge on any atom is 0.138 e. The van der Waals surface area contributed by atoms with E-state index >= 15 is 0 Å². The maximum atomic E-state index is 12.4. The summed E-state index contributed by atoms with van der Waals surface area (Å²) < 4.78 is 0. The van der Waals surface area contributed by atoms with E-state index < -0.39 is 0 Å². The van der Waals surface area contributed by atoms with Crippen molar-refractivity contribution >= 4 is 16.7 Å². The number of hydrogen-bond acceptors (Lipinski definition) is 3. The highest BCUT2D eigenvalue weighted by molar-refractivity contribution is 5.88. The molecular weight excluding hydrogens is 272 g/mol. The number of fused-ring (bicyclic) bond motifs is 1. The molecule has 1 aromatic carbocycles. The Labute approximate surface area is 130 Å². The van der Waals surface area contributed by atoms with Gasteiger partial charge in [0, 0.05) is 42.2 Å². The molecule has 0 saturated carbocycles. The maximum absolute atomic E-state index is 12.4. The number of carbonyl (C=O) groups is 1. The number of nitrogens with zero attached hydrogens (tertiary/aromatic N) is 2. The fourth-order valence-electron chi connectivity index (χ4n) is 2.71. The predicted octanol–water partition coefficient (Wildman–Crippen LogP) is 3.94. The van der Waals surface area contributed by atoms with Gasteiger partial charge < -0.3 is 0 Å². The van der Waals surface area contributed by atoms with Crippen LogP contribution in [0.5, 0.6) is 0 Å². The first kappa shape index (κ1) is 14.4. The minimum absolute atomic E-state index is 0.136. The van der Waals surface area contributed by atoms with E-state index in [0.29, 0.717) is 12.8 Å². The van der Waals surface area contributed by atoms with E-state index in [0.717, 1.165) is 22.2 Å². The van der Waals surface area contributed by atoms with Crippen LogP contribution in [-0.2, 0) is 11.2 Å². The Morgan fingerprint density at radius 1 is 1.00 bits per heavy atom. The van der Waals surface area contributed by atoms with E-state index in [1.54, 1.807) is 12.4 Å². The van der Waals surface area contributed by atoms with Gasteiger partial charge in [-0.2, -0.15) is 0 Å². The molecule has 3 rings (SSSR count). The Balaban J connectivity index is 1.74. The number of ketones is 1. The number of carbonyl (C=O) groups excluding carboxylic acids is 1. The van der Waals surface area contributed by atoms with Crippen molar-refractivity contribution in [2.24, 2.45) is 0 Å². The largest absolute Gasteiger partial charge is 0.299 e. The summed E-state index contributed by atoms with van der Waals surface area (Å²) in [7, 11) is 0. The smallest absolute Gasteiger partial charge is 0.138 e. The number of Topliss-reactive ketones (excluding diaryl/α,β-unsaturated/α-hetero) is 1. The zero-order valence-corrected chi connectivity index (χ0v) is 12.6. The molecule has 1 unspecified atom stereocenters. The molecule has 0 radical (unpaired) electrons. The molecule has 110 valence electrons. The highest BCUT2D eigenvalue weighted by Crippen LogP contribution is 2.20. The first-order valence-corrected chi connectivity index (χ1v) is 7.49. The van der Waals surface area contributed by atoms with Crippen molar-refractivity contribution in [1.29, 1.82) is 0 Å². The monoisotopic (exact) mass is 290 g/mol. The molecule has 2 heterocycles. The highest BCUT2D eigenvalue weighted by atomic mass is 16.1. The Morgan fingerprint density at radius 3 is 2.64 bits per heavy atom. The fraction of sp³-hybridized carbons (Fsp3) is 0.211. The van der Waals surface area contributed by atoms with Crippen LogP contribution in [0, 0.1) is 0 Å². The molecule has 0 aliphatic heterocycles. The molecule has 0 N–H and O–H groups in total. The molecule has 0 amide bonds. The Hall–Kier alpha value is -2.55. The highest BCUT2D eigenvalue weighted by Gasteiger charge is 2.14. The summed E-state index contributed by atoms with van der Waals surface area (Å²) in [5, 5.41) is 1.07. The number of benzene rings is 1. The molecule has 22 heavy (non-hydrogen) atoms. The molecule has 3 aromatic rings. The minimum atomic E-state index is 0.136. The number of pyridine rings is 2. The van der Waals surface area contributed by atoms with E-state index in [4.69, 9.17) is 0 Å². The van der Waals surface area contributed by atoms with Crippen molar-refractivity contribution in [2.75, 3.05) is 0 Å². The van der Waals surface area contributed by atoms with Crippen LogP contribution in [0.15, 0.2) is 60.9 Å².